The summed E-state index contributed by atoms with van der Waals surface area (Å²) in [6, 6.07) is 5.77. The molecule has 0 saturated carbocycles. The predicted molar refractivity (Wildman–Crippen MR) is 77.8 cm³/mol. The van der Waals surface area contributed by atoms with Gasteiger partial charge >= 0.3 is 0 Å². The fourth-order valence-electron chi connectivity index (χ4n) is 1.34. The largest absolute Gasteiger partial charge is 0.333 e. The summed E-state index contributed by atoms with van der Waals surface area (Å²) in [5.41, 5.74) is 1.84. The van der Waals surface area contributed by atoms with Gasteiger partial charge in [-0.2, -0.15) is 4.99 Å². The highest BCUT2D eigenvalue weighted by molar-refractivity contribution is 8.29. The summed E-state index contributed by atoms with van der Waals surface area (Å²) >= 11 is 7.56. The molecule has 0 amide bonds. The minimum absolute atomic E-state index is 0.0291. The smallest absolute Gasteiger partial charge is 0.193 e. The lowest BCUT2D eigenvalue weighted by atomic mass is 10.2. The highest BCUT2D eigenvalue weighted by Gasteiger charge is 2.18. The third-order valence-electron chi connectivity index (χ3n) is 2.26. The number of hydrogen-bond donors (Lipinski definition) is 1. The van der Waals surface area contributed by atoms with Crippen LogP contribution in [0.4, 0.5) is 5.69 Å². The van der Waals surface area contributed by atoms with Crippen LogP contribution in [0.3, 0.4) is 0 Å². The van der Waals surface area contributed by atoms with E-state index < -0.39 is 0 Å². The van der Waals surface area contributed by atoms with Crippen LogP contribution in [0, 0.1) is 6.92 Å². The number of thioether (sulfide) groups is 1. The van der Waals surface area contributed by atoms with Gasteiger partial charge in [-0.3, -0.25) is 9.79 Å². The van der Waals surface area contributed by atoms with Crippen LogP contribution in [-0.4, -0.2) is 22.7 Å². The maximum absolute atomic E-state index is 10.7. The second-order valence-electron chi connectivity index (χ2n) is 3.88. The van der Waals surface area contributed by atoms with Crippen LogP contribution >= 0.6 is 23.4 Å². The van der Waals surface area contributed by atoms with Gasteiger partial charge in [-0.15, -0.1) is 0 Å². The van der Waals surface area contributed by atoms with Gasteiger partial charge in [0.15, 0.2) is 16.1 Å². The zero-order chi connectivity index (χ0) is 13.1. The molecule has 1 heterocycles. The molecular formula is C12H12ClN3OS. The lowest BCUT2D eigenvalue weighted by molar-refractivity contribution is -0.115. The zero-order valence-corrected chi connectivity index (χ0v) is 11.6. The molecule has 0 fully saturated rings. The molecule has 1 aromatic carbocycles. The van der Waals surface area contributed by atoms with Crippen molar-refractivity contribution in [1.82, 2.24) is 0 Å². The minimum Gasteiger partial charge on any atom is -0.333 e. The molecule has 2 rings (SSSR count). The lowest BCUT2D eigenvalue weighted by Crippen LogP contribution is -2.20. The molecule has 1 aliphatic heterocycles. The summed E-state index contributed by atoms with van der Waals surface area (Å²) in [4.78, 5) is 18.9. The van der Waals surface area contributed by atoms with Crippen molar-refractivity contribution in [2.45, 2.75) is 13.8 Å². The third-order valence-corrected chi connectivity index (χ3v) is 3.55. The number of hydrogen-bond acceptors (Lipinski definition) is 4. The molecule has 0 saturated heterocycles. The zero-order valence-electron chi connectivity index (χ0n) is 10.0. The molecule has 0 spiro atoms. The topological polar surface area (TPSA) is 53.8 Å². The van der Waals surface area contributed by atoms with Crippen LogP contribution in [0.25, 0.3) is 0 Å². The number of halogens is 1. The Bertz CT molecular complexity index is 554. The Balaban J connectivity index is 2.01. The molecule has 94 valence electrons. The molecule has 4 nitrogen and oxygen atoms in total. The standard InChI is InChI=1S/C12H12ClN3OS/c1-7-4-3-5-9(10(7)13)15-12-16-11(18-12)14-6-8(2)17/h3-5H,6H2,1-2H3,(H,14,15,16). The highest BCUT2D eigenvalue weighted by atomic mass is 35.5. The Morgan fingerprint density at radius 3 is 2.94 bits per heavy atom. The van der Waals surface area contributed by atoms with Gasteiger partial charge in [0.2, 0.25) is 0 Å². The number of aliphatic imine (C=N–C) groups is 2. The summed E-state index contributed by atoms with van der Waals surface area (Å²) in [5.74, 6) is 0.0291. The first kappa shape index (κ1) is 13.1. The first-order valence-corrected chi connectivity index (χ1v) is 6.58. The van der Waals surface area contributed by atoms with Crippen molar-refractivity contribution in [3.05, 3.63) is 28.8 Å². The van der Waals surface area contributed by atoms with Crippen molar-refractivity contribution in [2.24, 2.45) is 9.98 Å². The molecule has 6 heteroatoms. The SMILES string of the molecule is CC(=O)CN=C1N=C(Nc2cccc(C)c2Cl)S1. The molecule has 0 bridgehead atoms. The van der Waals surface area contributed by atoms with Crippen molar-refractivity contribution < 1.29 is 4.79 Å². The molecule has 1 aliphatic rings. The van der Waals surface area contributed by atoms with E-state index in [1.165, 1.54) is 18.7 Å². The van der Waals surface area contributed by atoms with Crippen LogP contribution in [0.1, 0.15) is 12.5 Å². The first-order chi connectivity index (χ1) is 8.56. The van der Waals surface area contributed by atoms with Gasteiger partial charge in [0.25, 0.3) is 0 Å². The van der Waals surface area contributed by atoms with Gasteiger partial charge in [0.1, 0.15) is 6.54 Å². The molecule has 1 aromatic rings. The molecular weight excluding hydrogens is 270 g/mol. The first-order valence-electron chi connectivity index (χ1n) is 5.39. The molecule has 18 heavy (non-hydrogen) atoms. The van der Waals surface area contributed by atoms with Crippen LogP contribution < -0.4 is 5.32 Å². The average molecular weight is 282 g/mol. The third kappa shape index (κ3) is 3.11. The molecule has 0 aliphatic carbocycles. The lowest BCUT2D eigenvalue weighted by Gasteiger charge is -2.17. The summed E-state index contributed by atoms with van der Waals surface area (Å²) in [6.07, 6.45) is 0. The Morgan fingerprint density at radius 2 is 2.28 bits per heavy atom. The van der Waals surface area contributed by atoms with Gasteiger partial charge in [0, 0.05) is 0 Å². The highest BCUT2D eigenvalue weighted by Crippen LogP contribution is 2.28. The molecule has 1 N–H and O–H groups in total. The van der Waals surface area contributed by atoms with Gasteiger partial charge in [-0.25, -0.2) is 0 Å². The number of aryl methyl sites for hydroxylation is 1. The number of nitrogens with zero attached hydrogens (tertiary/aromatic N) is 2. The fourth-order valence-corrected chi connectivity index (χ4v) is 2.11. The van der Waals surface area contributed by atoms with Crippen molar-refractivity contribution in [3.63, 3.8) is 0 Å². The van der Waals surface area contributed by atoms with E-state index in [1.807, 2.05) is 25.1 Å². The quantitative estimate of drug-likeness (QED) is 0.926. The van der Waals surface area contributed by atoms with Crippen molar-refractivity contribution in [2.75, 3.05) is 11.9 Å². The maximum Gasteiger partial charge on any atom is 0.193 e. The number of nitrogens with one attached hydrogen (secondary N) is 1. The van der Waals surface area contributed by atoms with Crippen molar-refractivity contribution in [3.8, 4) is 0 Å². The predicted octanol–water partition coefficient (Wildman–Crippen LogP) is 3.11. The van der Waals surface area contributed by atoms with E-state index in [9.17, 15) is 4.79 Å². The second-order valence-corrected chi connectivity index (χ2v) is 5.22. The van der Waals surface area contributed by atoms with E-state index in [2.05, 4.69) is 15.3 Å². The number of anilines is 1. The van der Waals surface area contributed by atoms with Gasteiger partial charge in [-0.05, 0) is 37.2 Å². The fraction of sp³-hybridized carbons (Fsp3) is 0.250. The van der Waals surface area contributed by atoms with Gasteiger partial charge < -0.3 is 5.32 Å². The number of rotatable bonds is 3. The average Bonchev–Trinajstić information content (AvgIpc) is 2.26. The van der Waals surface area contributed by atoms with E-state index in [0.29, 0.717) is 10.2 Å². The van der Waals surface area contributed by atoms with E-state index in [1.54, 1.807) is 0 Å². The number of carbonyl (C=O) groups excluding carboxylic acids is 1. The Labute approximate surface area is 115 Å². The number of carbonyl (C=O) groups is 1. The van der Waals surface area contributed by atoms with Crippen LogP contribution in [0.15, 0.2) is 28.2 Å². The summed E-state index contributed by atoms with van der Waals surface area (Å²) in [5, 5.41) is 5.17. The molecule has 0 unspecified atom stereocenters. The number of Topliss-reactive ketones (excluding diaryl/α,β-unsaturated/α-hetero) is 1. The summed E-state index contributed by atoms with van der Waals surface area (Å²) < 4.78 is 0. The summed E-state index contributed by atoms with van der Waals surface area (Å²) in [7, 11) is 0. The van der Waals surface area contributed by atoms with E-state index in [-0.39, 0.29) is 12.3 Å². The second kappa shape index (κ2) is 5.54. The molecule has 0 aromatic heterocycles. The number of amidine groups is 2. The van der Waals surface area contributed by atoms with Gasteiger partial charge in [-0.1, -0.05) is 23.7 Å². The maximum atomic E-state index is 10.7. The Morgan fingerprint density at radius 1 is 1.56 bits per heavy atom. The number of benzene rings is 1. The van der Waals surface area contributed by atoms with E-state index >= 15 is 0 Å². The Hall–Kier alpha value is -1.33. The summed E-state index contributed by atoms with van der Waals surface area (Å²) in [6.45, 7) is 3.64. The van der Waals surface area contributed by atoms with E-state index in [4.69, 9.17) is 11.6 Å². The number of ketones is 1. The van der Waals surface area contributed by atoms with Crippen LogP contribution in [0.5, 0.6) is 0 Å². The Kier molecular flexibility index (Phi) is 4.04. The van der Waals surface area contributed by atoms with Crippen LogP contribution in [-0.2, 0) is 4.79 Å². The normalized spacial score (nSPS) is 16.2. The van der Waals surface area contributed by atoms with Crippen LogP contribution in [0.2, 0.25) is 5.02 Å². The van der Waals surface area contributed by atoms with Gasteiger partial charge in [0.05, 0.1) is 10.7 Å². The van der Waals surface area contributed by atoms with E-state index in [0.717, 1.165) is 16.4 Å². The van der Waals surface area contributed by atoms with Crippen molar-refractivity contribution in [1.29, 1.82) is 0 Å². The monoisotopic (exact) mass is 281 g/mol. The minimum atomic E-state index is 0.0291. The van der Waals surface area contributed by atoms with Crippen molar-refractivity contribution >= 4 is 45.2 Å². The molecule has 0 atom stereocenters. The molecule has 0 radical (unpaired) electrons.